The Morgan fingerprint density at radius 1 is 0.667 bits per heavy atom. The first-order valence-corrected chi connectivity index (χ1v) is 17.2. The fourth-order valence-corrected chi connectivity index (χ4v) is 5.59. The fraction of sp³-hybridized carbons (Fsp3) is 0.812. The minimum Gasteiger partial charge on any atom is -0.744 e. The number of benzene rings is 1. The summed E-state index contributed by atoms with van der Waals surface area (Å²) in [6, 6.07) is 4.90. The predicted molar refractivity (Wildman–Crippen MR) is 157 cm³/mol. The molecule has 39 heavy (non-hydrogen) atoms. The van der Waals surface area contributed by atoms with Gasteiger partial charge in [0.2, 0.25) is 0 Å². The van der Waals surface area contributed by atoms with E-state index in [1.807, 2.05) is 0 Å². The van der Waals surface area contributed by atoms with E-state index in [4.69, 9.17) is 4.74 Å². The van der Waals surface area contributed by atoms with Crippen LogP contribution in [0.25, 0.3) is 0 Å². The first-order chi connectivity index (χ1) is 18.5. The zero-order chi connectivity index (χ0) is 27.7. The van der Waals surface area contributed by atoms with E-state index in [0.717, 1.165) is 56.9 Å². The normalized spacial score (nSPS) is 11.5. The van der Waals surface area contributed by atoms with Crippen LogP contribution in [0.1, 0.15) is 154 Å². The van der Waals surface area contributed by atoms with Crippen molar-refractivity contribution >= 4 is 10.1 Å². The van der Waals surface area contributed by atoms with E-state index in [-0.39, 0.29) is 46.9 Å². The number of hydrogen-bond donors (Lipinski definition) is 0. The van der Waals surface area contributed by atoms with Crippen LogP contribution in [0.5, 0.6) is 5.75 Å². The summed E-state index contributed by atoms with van der Waals surface area (Å²) in [5, 5.41) is 0. The summed E-state index contributed by atoms with van der Waals surface area (Å²) in [6.07, 6.45) is 27.3. The van der Waals surface area contributed by atoms with E-state index in [1.54, 1.807) is 12.1 Å². The maximum Gasteiger partial charge on any atom is 1.00 e. The Morgan fingerprint density at radius 2 is 1.10 bits per heavy atom. The van der Waals surface area contributed by atoms with Gasteiger partial charge in [0.15, 0.2) is 0 Å². The molecule has 1 rings (SSSR count). The van der Waals surface area contributed by atoms with Gasteiger partial charge in [0.05, 0.1) is 18.2 Å². The number of rotatable bonds is 27. The average Bonchev–Trinajstić information content (AvgIpc) is 2.89. The van der Waals surface area contributed by atoms with Gasteiger partial charge < -0.3 is 9.29 Å². The van der Waals surface area contributed by atoms with Crippen molar-refractivity contribution in [2.45, 2.75) is 159 Å². The molecule has 0 radical (unpaired) electrons. The molecule has 0 amide bonds. The van der Waals surface area contributed by atoms with Gasteiger partial charge >= 0.3 is 29.6 Å². The maximum absolute atomic E-state index is 12.1. The number of hydrogen-bond acceptors (Lipinski definition) is 4. The summed E-state index contributed by atoms with van der Waals surface area (Å²) in [5.74, 6) is 0.196. The van der Waals surface area contributed by atoms with Crippen molar-refractivity contribution in [3.05, 3.63) is 23.8 Å². The third kappa shape index (κ3) is 22.2. The van der Waals surface area contributed by atoms with Crippen LogP contribution >= 0.6 is 0 Å². The number of alkyl halides is 1. The summed E-state index contributed by atoms with van der Waals surface area (Å²) in [4.78, 5) is -0.260. The second-order valence-electron chi connectivity index (χ2n) is 10.9. The van der Waals surface area contributed by atoms with Crippen LogP contribution in [0.3, 0.4) is 0 Å². The van der Waals surface area contributed by atoms with Gasteiger partial charge in [-0.1, -0.05) is 135 Å². The van der Waals surface area contributed by atoms with E-state index >= 15 is 0 Å². The van der Waals surface area contributed by atoms with Crippen LogP contribution in [0, 0.1) is 0 Å². The molecule has 0 saturated heterocycles. The van der Waals surface area contributed by atoms with Gasteiger partial charge in [-0.3, -0.25) is 4.39 Å². The molecule has 0 N–H and O–H groups in total. The van der Waals surface area contributed by atoms with E-state index in [2.05, 4.69) is 6.92 Å². The van der Waals surface area contributed by atoms with E-state index in [1.165, 1.54) is 96.0 Å². The summed E-state index contributed by atoms with van der Waals surface area (Å²) < 4.78 is 52.9. The number of unbranched alkanes of at least 4 members (excludes halogenated alkanes) is 20. The zero-order valence-corrected chi connectivity index (χ0v) is 28.1. The molecule has 0 aromatic heterocycles. The summed E-state index contributed by atoms with van der Waals surface area (Å²) in [7, 11) is -4.57. The van der Waals surface area contributed by atoms with Gasteiger partial charge in [-0.15, -0.1) is 0 Å². The molecule has 0 bridgehead atoms. The summed E-state index contributed by atoms with van der Waals surface area (Å²) in [6.45, 7) is 2.43. The molecule has 1 aromatic carbocycles. The van der Waals surface area contributed by atoms with Gasteiger partial charge in [-0.2, -0.15) is 0 Å². The van der Waals surface area contributed by atoms with Crippen molar-refractivity contribution in [3.8, 4) is 5.75 Å². The number of aryl methyl sites for hydroxylation is 1. The minimum atomic E-state index is -4.57. The second kappa shape index (κ2) is 26.7. The van der Waals surface area contributed by atoms with Crippen LogP contribution in [0.4, 0.5) is 4.39 Å². The summed E-state index contributed by atoms with van der Waals surface area (Å²) >= 11 is 0. The van der Waals surface area contributed by atoms with Gasteiger partial charge in [0.1, 0.15) is 15.9 Å². The molecule has 0 heterocycles. The van der Waals surface area contributed by atoms with Crippen molar-refractivity contribution in [2.24, 2.45) is 0 Å². The SMILES string of the molecule is CCCCCCCCCCCCCCCCCc1ccc(S(=O)(=O)[O-])c(OCCCCCCCCCF)c1.[Na+]. The zero-order valence-electron chi connectivity index (χ0n) is 25.3. The molecule has 0 saturated carbocycles. The number of ether oxygens (including phenoxy) is 1. The van der Waals surface area contributed by atoms with Gasteiger partial charge in [0, 0.05) is 0 Å². The predicted octanol–water partition coefficient (Wildman–Crippen LogP) is 7.09. The molecule has 0 spiro atoms. The largest absolute Gasteiger partial charge is 1.00 e. The molecule has 0 atom stereocenters. The molecule has 7 heteroatoms. The molecule has 0 aliphatic heterocycles. The molecule has 0 aliphatic carbocycles. The molecule has 222 valence electrons. The Kier molecular flexibility index (Phi) is 26.6. The Bertz CT molecular complexity index is 788. The van der Waals surface area contributed by atoms with Crippen molar-refractivity contribution in [1.29, 1.82) is 0 Å². The topological polar surface area (TPSA) is 66.4 Å². The molecule has 4 nitrogen and oxygen atoms in total. The standard InChI is InChI=1S/C32H57FO4S.Na/c1-2-3-4-5-6-7-8-9-10-11-12-13-15-18-21-24-30-25-26-32(38(34,35)36)31(29-30)37-28-23-20-17-14-16-19-22-27-33;/h25-26,29H,2-24,27-28H2,1H3,(H,34,35,36);/q;+1/p-1. The van der Waals surface area contributed by atoms with Crippen molar-refractivity contribution in [3.63, 3.8) is 0 Å². The Balaban J connectivity index is 0.0000144. The molecular formula is C32H56FNaO4S. The second-order valence-corrected chi connectivity index (χ2v) is 12.3. The average molecular weight is 579 g/mol. The van der Waals surface area contributed by atoms with E-state index in [9.17, 15) is 17.4 Å². The van der Waals surface area contributed by atoms with Gasteiger partial charge in [0.25, 0.3) is 0 Å². The van der Waals surface area contributed by atoms with Crippen LogP contribution in [-0.4, -0.2) is 26.3 Å². The first kappa shape index (κ1) is 38.9. The van der Waals surface area contributed by atoms with Crippen LogP contribution in [-0.2, 0) is 16.5 Å². The third-order valence-corrected chi connectivity index (χ3v) is 8.26. The molecule has 0 unspecified atom stereocenters. The van der Waals surface area contributed by atoms with E-state index < -0.39 is 10.1 Å². The van der Waals surface area contributed by atoms with Crippen LogP contribution in [0.15, 0.2) is 23.1 Å². The molecule has 0 aliphatic rings. The minimum absolute atomic E-state index is 0. The van der Waals surface area contributed by atoms with E-state index in [0.29, 0.717) is 13.0 Å². The van der Waals surface area contributed by atoms with Crippen LogP contribution < -0.4 is 34.3 Å². The first-order valence-electron chi connectivity index (χ1n) is 15.8. The monoisotopic (exact) mass is 578 g/mol. The molecule has 1 aromatic rings. The Labute approximate surface area is 262 Å². The Morgan fingerprint density at radius 3 is 1.56 bits per heavy atom. The van der Waals surface area contributed by atoms with Gasteiger partial charge in [-0.25, -0.2) is 8.42 Å². The number of halogens is 1. The Hall–Kier alpha value is -0.140. The quantitative estimate of drug-likeness (QED) is 0.0635. The van der Waals surface area contributed by atoms with Crippen molar-refractivity contribution in [2.75, 3.05) is 13.3 Å². The summed E-state index contributed by atoms with van der Waals surface area (Å²) in [5.41, 5.74) is 1.02. The fourth-order valence-electron chi connectivity index (χ4n) is 4.99. The smallest absolute Gasteiger partial charge is 0.744 e. The molecular weight excluding hydrogens is 522 g/mol. The van der Waals surface area contributed by atoms with Crippen LogP contribution in [0.2, 0.25) is 0 Å². The van der Waals surface area contributed by atoms with Crippen molar-refractivity contribution < 1.29 is 51.7 Å². The molecule has 0 fully saturated rings. The van der Waals surface area contributed by atoms with Crippen molar-refractivity contribution in [1.82, 2.24) is 0 Å². The van der Waals surface area contributed by atoms with Gasteiger partial charge in [-0.05, 0) is 43.4 Å². The maximum atomic E-state index is 12.1. The third-order valence-electron chi connectivity index (χ3n) is 7.38.